The van der Waals surface area contributed by atoms with E-state index >= 15 is 0 Å². The van der Waals surface area contributed by atoms with Crippen LogP contribution in [0.5, 0.6) is 0 Å². The molecule has 0 rings (SSSR count). The number of rotatable bonds is 0. The van der Waals surface area contributed by atoms with Gasteiger partial charge in [0.05, 0.1) is 0 Å². The minimum absolute atomic E-state index is 2.00. The fourth-order valence-electron chi connectivity index (χ4n) is 0. The van der Waals surface area contributed by atoms with E-state index in [0.29, 0.717) is 0 Å². The van der Waals surface area contributed by atoms with Gasteiger partial charge in [-0.05, 0) is 12.6 Å². The van der Waals surface area contributed by atoms with Gasteiger partial charge >= 0.3 is 0 Å². The molecule has 21 valence electrons. The van der Waals surface area contributed by atoms with Crippen LogP contribution in [0.3, 0.4) is 0 Å². The fraction of sp³-hybridized carbons (Fsp3) is 0. The molecule has 2 heteroatoms. The first-order valence-corrected chi connectivity index (χ1v) is 1.15. The maximum Gasteiger partial charge on any atom is 0.0233 e. The maximum atomic E-state index is 4.56. The van der Waals surface area contributed by atoms with Crippen molar-refractivity contribution in [3.8, 4) is 11.3 Å². The van der Waals surface area contributed by atoms with E-state index in [1.165, 1.54) is 0 Å². The first-order valence-electron chi connectivity index (χ1n) is 0.743. The van der Waals surface area contributed by atoms with E-state index in [1.807, 2.05) is 11.3 Å². The molecule has 0 unspecified atom stereocenters. The Labute approximate surface area is 30.6 Å². The van der Waals surface area contributed by atoms with Gasteiger partial charge in [-0.3, -0.25) is 0 Å². The van der Waals surface area contributed by atoms with Crippen molar-refractivity contribution in [3.05, 3.63) is 0 Å². The van der Waals surface area contributed by atoms with E-state index in [4.69, 9.17) is 0 Å². The molecule has 0 aromatic heterocycles. The predicted octanol–water partition coefficient (Wildman–Crippen LogP) is 0.0610. The highest BCUT2D eigenvalue weighted by Crippen LogP contribution is 1.49. The Morgan fingerprint density at radius 2 is 2.00 bits per heavy atom. The molecule has 0 amide bonds. The SMILES string of the molecule is NC#C[S]. The van der Waals surface area contributed by atoms with Crippen molar-refractivity contribution in [3.63, 3.8) is 0 Å². The second-order valence-electron chi connectivity index (χ2n) is 0.246. The highest BCUT2D eigenvalue weighted by molar-refractivity contribution is 7.85. The zero-order valence-corrected chi connectivity index (χ0v) is 2.80. The van der Waals surface area contributed by atoms with Gasteiger partial charge in [0.1, 0.15) is 0 Å². The molecule has 0 saturated carbocycles. The monoisotopic (exact) mass is 72.0 g/mol. The maximum absolute atomic E-state index is 4.56. The van der Waals surface area contributed by atoms with Gasteiger partial charge in [-0.15, -0.1) is 0 Å². The van der Waals surface area contributed by atoms with Crippen LogP contribution in [-0.2, 0) is 0 Å². The van der Waals surface area contributed by atoms with Gasteiger partial charge in [-0.2, -0.15) is 0 Å². The summed E-state index contributed by atoms with van der Waals surface area (Å²) in [6, 6.07) is 2.00. The zero-order chi connectivity index (χ0) is 3.41. The molecule has 0 aromatic rings. The minimum Gasteiger partial charge on any atom is -0.358 e. The van der Waals surface area contributed by atoms with Crippen molar-refractivity contribution in [1.82, 2.24) is 0 Å². The Hall–Kier alpha value is -0.420. The average Bonchev–Trinajstić information content (AvgIpc) is 1.37. The van der Waals surface area contributed by atoms with Crippen molar-refractivity contribution in [1.29, 1.82) is 0 Å². The largest absolute Gasteiger partial charge is 0.358 e. The molecule has 1 radical (unpaired) electrons. The second-order valence-corrected chi connectivity index (χ2v) is 0.451. The molecule has 1 nitrogen and oxygen atoms in total. The van der Waals surface area contributed by atoms with Crippen molar-refractivity contribution >= 4 is 12.6 Å². The third-order valence-corrected chi connectivity index (χ3v) is 0.177. The summed E-state index contributed by atoms with van der Waals surface area (Å²) in [7, 11) is 0. The molecule has 0 aliphatic heterocycles. The van der Waals surface area contributed by atoms with Crippen LogP contribution in [-0.4, -0.2) is 0 Å². The van der Waals surface area contributed by atoms with Crippen LogP contribution >= 0.6 is 12.6 Å². The zero-order valence-electron chi connectivity index (χ0n) is 1.99. The first-order chi connectivity index (χ1) is 1.91. The van der Waals surface area contributed by atoms with Crippen LogP contribution in [0, 0.1) is 11.3 Å². The molecular weight excluding hydrogens is 70.1 g/mol. The lowest BCUT2D eigenvalue weighted by atomic mass is 11.2. The average molecular weight is 72.1 g/mol. The van der Waals surface area contributed by atoms with Crippen LogP contribution in [0.25, 0.3) is 0 Å². The van der Waals surface area contributed by atoms with Crippen LogP contribution in [0.4, 0.5) is 0 Å². The Morgan fingerprint density at radius 3 is 2.00 bits per heavy atom. The summed E-state index contributed by atoms with van der Waals surface area (Å²) in [5.41, 5.74) is 4.56. The highest BCUT2D eigenvalue weighted by Gasteiger charge is 1.29. The van der Waals surface area contributed by atoms with Gasteiger partial charge in [-0.25, -0.2) is 0 Å². The Kier molecular flexibility index (Phi) is 2.31. The van der Waals surface area contributed by atoms with Crippen molar-refractivity contribution in [2.75, 3.05) is 0 Å². The molecule has 0 fully saturated rings. The van der Waals surface area contributed by atoms with Crippen LogP contribution in [0.2, 0.25) is 0 Å². The van der Waals surface area contributed by atoms with E-state index in [0.717, 1.165) is 0 Å². The molecule has 0 aromatic carbocycles. The minimum atomic E-state index is 2.00. The van der Waals surface area contributed by atoms with Gasteiger partial charge in [0.2, 0.25) is 0 Å². The van der Waals surface area contributed by atoms with Crippen molar-refractivity contribution in [2.24, 2.45) is 5.73 Å². The smallest absolute Gasteiger partial charge is 0.0233 e. The van der Waals surface area contributed by atoms with Crippen LogP contribution < -0.4 is 5.73 Å². The van der Waals surface area contributed by atoms with Gasteiger partial charge in [0, 0.05) is 11.3 Å². The molecule has 0 bridgehead atoms. The Bertz CT molecular complexity index is 42.8. The fourth-order valence-corrected chi connectivity index (χ4v) is 0. The molecular formula is C2H2NS. The van der Waals surface area contributed by atoms with E-state index in [9.17, 15) is 0 Å². The summed E-state index contributed by atoms with van der Waals surface area (Å²) in [5, 5.41) is 2.04. The summed E-state index contributed by atoms with van der Waals surface area (Å²) < 4.78 is 0. The van der Waals surface area contributed by atoms with E-state index in [2.05, 4.69) is 18.4 Å². The van der Waals surface area contributed by atoms with E-state index < -0.39 is 0 Å². The van der Waals surface area contributed by atoms with Gasteiger partial charge in [0.15, 0.2) is 0 Å². The molecule has 0 aliphatic carbocycles. The predicted molar refractivity (Wildman–Crippen MR) is 19.6 cm³/mol. The second kappa shape index (κ2) is 2.58. The Balaban J connectivity index is 2.83. The lowest BCUT2D eigenvalue weighted by molar-refractivity contribution is 1.75. The van der Waals surface area contributed by atoms with Crippen LogP contribution in [0.1, 0.15) is 0 Å². The van der Waals surface area contributed by atoms with Crippen molar-refractivity contribution < 1.29 is 0 Å². The quantitative estimate of drug-likeness (QED) is 0.318. The van der Waals surface area contributed by atoms with E-state index in [-0.39, 0.29) is 0 Å². The summed E-state index contributed by atoms with van der Waals surface area (Å²) >= 11 is 4.07. The summed E-state index contributed by atoms with van der Waals surface area (Å²) in [4.78, 5) is 0. The Morgan fingerprint density at radius 1 is 1.75 bits per heavy atom. The molecule has 4 heavy (non-hydrogen) atoms. The molecule has 0 heterocycles. The van der Waals surface area contributed by atoms with Gasteiger partial charge in [-0.1, -0.05) is 0 Å². The van der Waals surface area contributed by atoms with Crippen LogP contribution in [0.15, 0.2) is 0 Å². The third kappa shape index (κ3) is 1.58. The van der Waals surface area contributed by atoms with Gasteiger partial charge < -0.3 is 5.73 Å². The van der Waals surface area contributed by atoms with Gasteiger partial charge in [0.25, 0.3) is 0 Å². The molecule has 0 saturated heterocycles. The normalized spacial score (nSPS) is 3.00. The third-order valence-electron chi connectivity index (χ3n) is 0.0589. The lowest BCUT2D eigenvalue weighted by Gasteiger charge is -1.41. The summed E-state index contributed by atoms with van der Waals surface area (Å²) in [5.74, 6) is 0. The first kappa shape index (κ1) is 3.58. The topological polar surface area (TPSA) is 26.0 Å². The number of hydrogen-bond acceptors (Lipinski definition) is 1. The molecule has 2 N–H and O–H groups in total. The van der Waals surface area contributed by atoms with Crippen molar-refractivity contribution in [2.45, 2.75) is 0 Å². The summed E-state index contributed by atoms with van der Waals surface area (Å²) in [6.07, 6.45) is 0. The number of hydrogen-bond donors (Lipinski definition) is 1. The standard InChI is InChI=1S/C2H2NS/c3-1-2-4/h3H2. The highest BCUT2D eigenvalue weighted by atomic mass is 32.1. The lowest BCUT2D eigenvalue weighted by Crippen LogP contribution is -1.71. The molecule has 0 aliphatic rings. The van der Waals surface area contributed by atoms with E-state index in [1.54, 1.807) is 0 Å². The summed E-state index contributed by atoms with van der Waals surface area (Å²) in [6.45, 7) is 0. The molecule has 0 spiro atoms. The number of nitrogens with two attached hydrogens (primary N) is 1. The molecule has 0 atom stereocenters.